The fourth-order valence-corrected chi connectivity index (χ4v) is 4.79. The molecule has 0 aromatic heterocycles. The molecular formula is C23H29Cl2N3O4S. The standard InChI is InChI=1S/C23H29Cl2N3O4S/c1-6-26-23(30)17(4)27(13-18-8-9-19(24)12-20(18)25)22(29)14-28(33(5,31)32)21-10-7-15(2)11-16(21)3/h7-12,17H,6,13-14H2,1-5H3,(H,26,30)/t17-/m1/s1. The van der Waals surface area contributed by atoms with Gasteiger partial charge in [0.05, 0.1) is 11.9 Å². The Morgan fingerprint density at radius 3 is 2.30 bits per heavy atom. The Hall–Kier alpha value is -2.29. The molecule has 0 saturated heterocycles. The number of amides is 2. The highest BCUT2D eigenvalue weighted by Crippen LogP contribution is 2.26. The second-order valence-corrected chi connectivity index (χ2v) is 10.6. The van der Waals surface area contributed by atoms with Crippen molar-refractivity contribution < 1.29 is 18.0 Å². The van der Waals surface area contributed by atoms with Crippen molar-refractivity contribution in [3.05, 3.63) is 63.1 Å². The lowest BCUT2D eigenvalue weighted by Crippen LogP contribution is -2.51. The molecule has 2 aromatic carbocycles. The molecule has 33 heavy (non-hydrogen) atoms. The molecule has 0 radical (unpaired) electrons. The highest BCUT2D eigenvalue weighted by Gasteiger charge is 2.30. The predicted octanol–water partition coefficient (Wildman–Crippen LogP) is 3.93. The van der Waals surface area contributed by atoms with Gasteiger partial charge in [-0.25, -0.2) is 8.42 Å². The Morgan fingerprint density at radius 2 is 1.76 bits per heavy atom. The molecule has 0 fully saturated rings. The number of halogens is 2. The number of benzene rings is 2. The lowest BCUT2D eigenvalue weighted by molar-refractivity contribution is -0.139. The van der Waals surface area contributed by atoms with Crippen LogP contribution in [0.25, 0.3) is 0 Å². The van der Waals surface area contributed by atoms with Gasteiger partial charge in [0.15, 0.2) is 0 Å². The molecular weight excluding hydrogens is 485 g/mol. The van der Waals surface area contributed by atoms with Gasteiger partial charge < -0.3 is 10.2 Å². The molecule has 0 heterocycles. The van der Waals surface area contributed by atoms with Gasteiger partial charge in [0, 0.05) is 23.1 Å². The van der Waals surface area contributed by atoms with Gasteiger partial charge in [0.25, 0.3) is 0 Å². The van der Waals surface area contributed by atoms with Crippen molar-refractivity contribution in [2.75, 3.05) is 23.7 Å². The number of anilines is 1. The van der Waals surface area contributed by atoms with Crippen LogP contribution in [0.15, 0.2) is 36.4 Å². The van der Waals surface area contributed by atoms with Crippen LogP contribution in [0.4, 0.5) is 5.69 Å². The SMILES string of the molecule is CCNC(=O)[C@@H](C)N(Cc1ccc(Cl)cc1Cl)C(=O)CN(c1ccc(C)cc1C)S(C)(=O)=O. The molecule has 2 amide bonds. The van der Waals surface area contributed by atoms with E-state index in [-0.39, 0.29) is 12.5 Å². The van der Waals surface area contributed by atoms with Crippen molar-refractivity contribution in [1.82, 2.24) is 10.2 Å². The summed E-state index contributed by atoms with van der Waals surface area (Å²) in [4.78, 5) is 27.3. The molecule has 0 aliphatic rings. The van der Waals surface area contributed by atoms with E-state index in [2.05, 4.69) is 5.32 Å². The van der Waals surface area contributed by atoms with Gasteiger partial charge in [0.2, 0.25) is 21.8 Å². The average Bonchev–Trinajstić information content (AvgIpc) is 2.70. The number of rotatable bonds is 9. The van der Waals surface area contributed by atoms with E-state index in [1.165, 1.54) is 4.90 Å². The van der Waals surface area contributed by atoms with Crippen molar-refractivity contribution in [1.29, 1.82) is 0 Å². The van der Waals surface area contributed by atoms with E-state index in [1.54, 1.807) is 51.1 Å². The smallest absolute Gasteiger partial charge is 0.244 e. The quantitative estimate of drug-likeness (QED) is 0.550. The summed E-state index contributed by atoms with van der Waals surface area (Å²) in [6, 6.07) is 9.32. The van der Waals surface area contributed by atoms with E-state index in [9.17, 15) is 18.0 Å². The molecule has 0 spiro atoms. The van der Waals surface area contributed by atoms with Crippen LogP contribution in [-0.4, -0.2) is 50.5 Å². The Kier molecular flexibility index (Phi) is 9.17. The second kappa shape index (κ2) is 11.2. The van der Waals surface area contributed by atoms with Gasteiger partial charge >= 0.3 is 0 Å². The van der Waals surface area contributed by atoms with Gasteiger partial charge in [-0.3, -0.25) is 13.9 Å². The van der Waals surface area contributed by atoms with Crippen molar-refractivity contribution in [2.24, 2.45) is 0 Å². The highest BCUT2D eigenvalue weighted by molar-refractivity contribution is 7.92. The lowest BCUT2D eigenvalue weighted by atomic mass is 10.1. The summed E-state index contributed by atoms with van der Waals surface area (Å²) in [6.07, 6.45) is 1.05. The van der Waals surface area contributed by atoms with Crippen LogP contribution >= 0.6 is 23.2 Å². The van der Waals surface area contributed by atoms with E-state index < -0.39 is 28.5 Å². The van der Waals surface area contributed by atoms with Gasteiger partial charge in [-0.15, -0.1) is 0 Å². The molecule has 7 nitrogen and oxygen atoms in total. The molecule has 0 aliphatic heterocycles. The van der Waals surface area contributed by atoms with E-state index in [0.717, 1.165) is 21.7 Å². The highest BCUT2D eigenvalue weighted by atomic mass is 35.5. The zero-order chi connectivity index (χ0) is 24.9. The van der Waals surface area contributed by atoms with Crippen LogP contribution in [0, 0.1) is 13.8 Å². The molecule has 0 aliphatic carbocycles. The Balaban J connectivity index is 2.45. The summed E-state index contributed by atoms with van der Waals surface area (Å²) >= 11 is 12.3. The second-order valence-electron chi connectivity index (χ2n) is 7.89. The predicted molar refractivity (Wildman–Crippen MR) is 133 cm³/mol. The average molecular weight is 514 g/mol. The minimum absolute atomic E-state index is 0.0115. The zero-order valence-electron chi connectivity index (χ0n) is 19.4. The van der Waals surface area contributed by atoms with Crippen molar-refractivity contribution >= 4 is 50.7 Å². The molecule has 0 unspecified atom stereocenters. The molecule has 2 rings (SSSR count). The maximum absolute atomic E-state index is 13.5. The number of likely N-dealkylation sites (N-methyl/N-ethyl adjacent to an activating group) is 1. The van der Waals surface area contributed by atoms with Crippen molar-refractivity contribution in [2.45, 2.75) is 40.3 Å². The number of sulfonamides is 1. The minimum Gasteiger partial charge on any atom is -0.355 e. The first-order valence-corrected chi connectivity index (χ1v) is 13.0. The first kappa shape index (κ1) is 27.0. The molecule has 1 N–H and O–H groups in total. The molecule has 0 saturated carbocycles. The van der Waals surface area contributed by atoms with Gasteiger partial charge in [-0.05, 0) is 57.0 Å². The van der Waals surface area contributed by atoms with E-state index >= 15 is 0 Å². The van der Waals surface area contributed by atoms with Crippen LogP contribution in [0.3, 0.4) is 0 Å². The molecule has 1 atom stereocenters. The van der Waals surface area contributed by atoms with Gasteiger partial charge in [-0.1, -0.05) is 47.0 Å². The van der Waals surface area contributed by atoms with Gasteiger partial charge in [-0.2, -0.15) is 0 Å². The van der Waals surface area contributed by atoms with E-state index in [1.807, 2.05) is 13.0 Å². The van der Waals surface area contributed by atoms with Gasteiger partial charge in [0.1, 0.15) is 12.6 Å². The zero-order valence-corrected chi connectivity index (χ0v) is 21.7. The largest absolute Gasteiger partial charge is 0.355 e. The van der Waals surface area contributed by atoms with Crippen LogP contribution in [-0.2, 0) is 26.2 Å². The number of hydrogen-bond acceptors (Lipinski definition) is 4. The van der Waals surface area contributed by atoms with Crippen LogP contribution in [0.1, 0.15) is 30.5 Å². The summed E-state index contributed by atoms with van der Waals surface area (Å²) < 4.78 is 26.3. The van der Waals surface area contributed by atoms with Crippen LogP contribution in [0.5, 0.6) is 0 Å². The minimum atomic E-state index is -3.78. The number of carbonyl (C=O) groups is 2. The van der Waals surface area contributed by atoms with Crippen LogP contribution in [0.2, 0.25) is 10.0 Å². The number of nitrogens with zero attached hydrogens (tertiary/aromatic N) is 2. The summed E-state index contributed by atoms with van der Waals surface area (Å²) in [5.74, 6) is -0.890. The third-order valence-corrected chi connectivity index (χ3v) is 6.89. The van der Waals surface area contributed by atoms with Crippen molar-refractivity contribution in [3.63, 3.8) is 0 Å². The lowest BCUT2D eigenvalue weighted by Gasteiger charge is -2.32. The number of carbonyl (C=O) groups excluding carboxylic acids is 2. The summed E-state index contributed by atoms with van der Waals surface area (Å²) in [5.41, 5.74) is 2.69. The molecule has 180 valence electrons. The Labute approximate surface area is 205 Å². The van der Waals surface area contributed by atoms with Crippen LogP contribution < -0.4 is 9.62 Å². The third-order valence-electron chi connectivity index (χ3n) is 5.17. The van der Waals surface area contributed by atoms with Crippen molar-refractivity contribution in [3.8, 4) is 0 Å². The fourth-order valence-electron chi connectivity index (χ4n) is 3.42. The summed E-state index contributed by atoms with van der Waals surface area (Å²) in [7, 11) is -3.78. The maximum Gasteiger partial charge on any atom is 0.244 e. The summed E-state index contributed by atoms with van der Waals surface area (Å²) in [5, 5.41) is 3.49. The first-order chi connectivity index (χ1) is 15.3. The maximum atomic E-state index is 13.5. The monoisotopic (exact) mass is 513 g/mol. The number of aryl methyl sites for hydroxylation is 2. The fraction of sp³-hybridized carbons (Fsp3) is 0.391. The first-order valence-electron chi connectivity index (χ1n) is 10.4. The number of hydrogen-bond donors (Lipinski definition) is 1. The topological polar surface area (TPSA) is 86.8 Å². The Morgan fingerprint density at radius 1 is 1.09 bits per heavy atom. The molecule has 2 aromatic rings. The molecule has 0 bridgehead atoms. The van der Waals surface area contributed by atoms with E-state index in [4.69, 9.17) is 23.2 Å². The third kappa shape index (κ3) is 7.09. The number of nitrogens with one attached hydrogen (secondary N) is 1. The Bertz CT molecular complexity index is 1140. The molecule has 10 heteroatoms. The summed E-state index contributed by atoms with van der Waals surface area (Å²) in [6.45, 7) is 7.00. The normalized spacial score (nSPS) is 12.2. The van der Waals surface area contributed by atoms with E-state index in [0.29, 0.717) is 27.8 Å².